The fraction of sp³-hybridized carbons (Fsp3) is 1.00. The van der Waals surface area contributed by atoms with E-state index in [9.17, 15) is 0 Å². The van der Waals surface area contributed by atoms with E-state index in [1.54, 1.807) is 0 Å². The van der Waals surface area contributed by atoms with Crippen molar-refractivity contribution in [3.63, 3.8) is 0 Å². The molecule has 1 nitrogen and oxygen atoms in total. The van der Waals surface area contributed by atoms with Crippen LogP contribution in [0.1, 0.15) is 40.0 Å². The van der Waals surface area contributed by atoms with Gasteiger partial charge in [-0.25, -0.2) is 0 Å². The molecule has 12 heavy (non-hydrogen) atoms. The summed E-state index contributed by atoms with van der Waals surface area (Å²) < 4.78 is 0. The van der Waals surface area contributed by atoms with E-state index in [-0.39, 0.29) is 0 Å². The molecule has 0 N–H and O–H groups in total. The fourth-order valence-corrected chi connectivity index (χ4v) is 1.51. The van der Waals surface area contributed by atoms with Gasteiger partial charge in [0.1, 0.15) is 0 Å². The molecule has 0 saturated heterocycles. The first kappa shape index (κ1) is 12.2. The van der Waals surface area contributed by atoms with Crippen molar-refractivity contribution in [2.75, 3.05) is 19.0 Å². The van der Waals surface area contributed by atoms with Gasteiger partial charge in [-0.1, -0.05) is 6.92 Å². The molecular formula is C10H22ClN. The van der Waals surface area contributed by atoms with E-state index in [2.05, 4.69) is 25.7 Å². The maximum Gasteiger partial charge on any atom is 0.0223 e. The van der Waals surface area contributed by atoms with Crippen LogP contribution in [0, 0.1) is 0 Å². The second-order valence-corrected chi connectivity index (χ2v) is 3.90. The summed E-state index contributed by atoms with van der Waals surface area (Å²) in [5, 5.41) is 0. The van der Waals surface area contributed by atoms with Crippen LogP contribution in [0.3, 0.4) is 0 Å². The molecule has 0 atom stereocenters. The molecule has 0 aliphatic carbocycles. The predicted octanol–water partition coefficient (Wildman–Crippen LogP) is 3.13. The number of hydrogen-bond donors (Lipinski definition) is 0. The number of hydrogen-bond acceptors (Lipinski definition) is 1. The van der Waals surface area contributed by atoms with Crippen LogP contribution >= 0.6 is 11.6 Å². The van der Waals surface area contributed by atoms with Gasteiger partial charge >= 0.3 is 0 Å². The molecule has 0 heterocycles. The van der Waals surface area contributed by atoms with E-state index in [1.165, 1.54) is 25.9 Å². The summed E-state index contributed by atoms with van der Waals surface area (Å²) in [5.41, 5.74) is 0. The summed E-state index contributed by atoms with van der Waals surface area (Å²) in [5.74, 6) is 0.804. The van der Waals surface area contributed by atoms with Crippen molar-refractivity contribution in [3.05, 3.63) is 0 Å². The summed E-state index contributed by atoms with van der Waals surface area (Å²) in [7, 11) is 0. The summed E-state index contributed by atoms with van der Waals surface area (Å²) >= 11 is 5.62. The quantitative estimate of drug-likeness (QED) is 0.442. The Hall–Kier alpha value is 0.250. The van der Waals surface area contributed by atoms with E-state index in [0.29, 0.717) is 6.04 Å². The van der Waals surface area contributed by atoms with Crippen LogP contribution in [0.15, 0.2) is 0 Å². The number of unbranched alkanes of at least 4 members (excludes halogenated alkanes) is 1. The zero-order valence-electron chi connectivity index (χ0n) is 8.65. The van der Waals surface area contributed by atoms with Gasteiger partial charge in [-0.3, -0.25) is 0 Å². The topological polar surface area (TPSA) is 3.24 Å². The molecule has 0 aromatic rings. The van der Waals surface area contributed by atoms with Crippen molar-refractivity contribution in [2.24, 2.45) is 0 Å². The summed E-state index contributed by atoms with van der Waals surface area (Å²) in [6, 6.07) is 0.681. The molecule has 0 aliphatic heterocycles. The van der Waals surface area contributed by atoms with Crippen molar-refractivity contribution in [1.29, 1.82) is 0 Å². The Morgan fingerprint density at radius 1 is 1.17 bits per heavy atom. The lowest BCUT2D eigenvalue weighted by Crippen LogP contribution is -2.32. The van der Waals surface area contributed by atoms with Crippen LogP contribution in [-0.2, 0) is 0 Å². The Morgan fingerprint density at radius 3 is 2.25 bits per heavy atom. The third-order valence-electron chi connectivity index (χ3n) is 2.07. The molecule has 0 spiro atoms. The minimum atomic E-state index is 0.681. The maximum absolute atomic E-state index is 5.62. The Balaban J connectivity index is 3.49. The second-order valence-electron chi connectivity index (χ2n) is 3.53. The van der Waals surface area contributed by atoms with Crippen molar-refractivity contribution >= 4 is 11.6 Å². The number of halogens is 1. The number of nitrogens with zero attached hydrogens (tertiary/aromatic N) is 1. The molecule has 0 radical (unpaired) electrons. The van der Waals surface area contributed by atoms with Crippen molar-refractivity contribution in [3.8, 4) is 0 Å². The molecule has 0 aliphatic rings. The standard InChI is InChI=1S/C10H22ClN/c1-4-8-12(10(2)3)9-6-5-7-11/h10H,4-9H2,1-3H3. The fourth-order valence-electron chi connectivity index (χ4n) is 1.32. The lowest BCUT2D eigenvalue weighted by molar-refractivity contribution is 0.219. The highest BCUT2D eigenvalue weighted by Gasteiger charge is 2.06. The van der Waals surface area contributed by atoms with Gasteiger partial charge in [0.2, 0.25) is 0 Å². The van der Waals surface area contributed by atoms with E-state index in [0.717, 1.165) is 12.3 Å². The second kappa shape index (κ2) is 7.88. The molecule has 2 heteroatoms. The van der Waals surface area contributed by atoms with Gasteiger partial charge in [0.15, 0.2) is 0 Å². The summed E-state index contributed by atoms with van der Waals surface area (Å²) in [4.78, 5) is 2.52. The van der Waals surface area contributed by atoms with E-state index in [4.69, 9.17) is 11.6 Å². The molecule has 74 valence electrons. The summed E-state index contributed by atoms with van der Waals surface area (Å²) in [6.07, 6.45) is 3.63. The first-order chi connectivity index (χ1) is 5.72. The van der Waals surface area contributed by atoms with Crippen molar-refractivity contribution < 1.29 is 0 Å². The summed E-state index contributed by atoms with van der Waals surface area (Å²) in [6.45, 7) is 9.18. The Bertz CT molecular complexity index is 93.8. The van der Waals surface area contributed by atoms with E-state index >= 15 is 0 Å². The van der Waals surface area contributed by atoms with Crippen LogP contribution in [0.5, 0.6) is 0 Å². The Kier molecular flexibility index (Phi) is 8.04. The SMILES string of the molecule is CCCN(CCCCCl)C(C)C. The van der Waals surface area contributed by atoms with Crippen LogP contribution in [-0.4, -0.2) is 29.9 Å². The minimum absolute atomic E-state index is 0.681. The first-order valence-corrected chi connectivity index (χ1v) is 5.55. The zero-order valence-corrected chi connectivity index (χ0v) is 9.40. The van der Waals surface area contributed by atoms with Crippen LogP contribution in [0.4, 0.5) is 0 Å². The highest BCUT2D eigenvalue weighted by Crippen LogP contribution is 2.03. The largest absolute Gasteiger partial charge is 0.301 e. The highest BCUT2D eigenvalue weighted by atomic mass is 35.5. The molecule has 0 rings (SSSR count). The molecule has 0 aromatic carbocycles. The monoisotopic (exact) mass is 191 g/mol. The maximum atomic E-state index is 5.62. The highest BCUT2D eigenvalue weighted by molar-refractivity contribution is 6.17. The van der Waals surface area contributed by atoms with E-state index < -0.39 is 0 Å². The third-order valence-corrected chi connectivity index (χ3v) is 2.34. The van der Waals surface area contributed by atoms with E-state index in [1.807, 2.05) is 0 Å². The lowest BCUT2D eigenvalue weighted by atomic mass is 10.2. The van der Waals surface area contributed by atoms with Gasteiger partial charge in [0.05, 0.1) is 0 Å². The van der Waals surface area contributed by atoms with Crippen LogP contribution in [0.2, 0.25) is 0 Å². The molecule has 0 bridgehead atoms. The average molecular weight is 192 g/mol. The molecule has 0 amide bonds. The zero-order chi connectivity index (χ0) is 9.40. The molecule has 0 saturated carbocycles. The number of alkyl halides is 1. The predicted molar refractivity (Wildman–Crippen MR) is 57.0 cm³/mol. The average Bonchev–Trinajstić information content (AvgIpc) is 2.03. The minimum Gasteiger partial charge on any atom is -0.301 e. The number of rotatable bonds is 7. The smallest absolute Gasteiger partial charge is 0.0223 e. The first-order valence-electron chi connectivity index (χ1n) is 5.02. The molecular weight excluding hydrogens is 170 g/mol. The molecule has 0 unspecified atom stereocenters. The Morgan fingerprint density at radius 2 is 1.83 bits per heavy atom. The van der Waals surface area contributed by atoms with Crippen molar-refractivity contribution in [2.45, 2.75) is 46.1 Å². The van der Waals surface area contributed by atoms with Gasteiger partial charge < -0.3 is 4.90 Å². The van der Waals surface area contributed by atoms with Crippen LogP contribution in [0.25, 0.3) is 0 Å². The van der Waals surface area contributed by atoms with Crippen molar-refractivity contribution in [1.82, 2.24) is 4.90 Å². The van der Waals surface area contributed by atoms with Gasteiger partial charge in [-0.05, 0) is 46.2 Å². The van der Waals surface area contributed by atoms with Gasteiger partial charge in [-0.15, -0.1) is 11.6 Å². The molecule has 0 fully saturated rings. The van der Waals surface area contributed by atoms with Gasteiger partial charge in [0.25, 0.3) is 0 Å². The molecule has 0 aromatic heterocycles. The van der Waals surface area contributed by atoms with Crippen LogP contribution < -0.4 is 0 Å². The Labute approximate surface area is 82.1 Å². The third kappa shape index (κ3) is 5.84. The normalized spacial score (nSPS) is 11.5. The van der Waals surface area contributed by atoms with Gasteiger partial charge in [0, 0.05) is 11.9 Å². The lowest BCUT2D eigenvalue weighted by Gasteiger charge is -2.25. The van der Waals surface area contributed by atoms with Gasteiger partial charge in [-0.2, -0.15) is 0 Å².